The minimum absolute atomic E-state index is 0.0984. The van der Waals surface area contributed by atoms with Crippen LogP contribution in [0.1, 0.15) is 26.3 Å². The van der Waals surface area contributed by atoms with E-state index in [4.69, 9.17) is 20.8 Å². The van der Waals surface area contributed by atoms with Gasteiger partial charge in [0.05, 0.1) is 17.5 Å². The third-order valence-electron chi connectivity index (χ3n) is 4.74. The van der Waals surface area contributed by atoms with Gasteiger partial charge in [-0.1, -0.05) is 57.6 Å². The highest BCUT2D eigenvalue weighted by atomic mass is 35.5. The highest BCUT2D eigenvalue weighted by Gasteiger charge is 2.42. The van der Waals surface area contributed by atoms with Crippen LogP contribution >= 0.6 is 11.6 Å². The molecule has 0 fully saturated rings. The molecule has 2 aromatic rings. The maximum absolute atomic E-state index is 11.5. The first kappa shape index (κ1) is 17.8. The third kappa shape index (κ3) is 3.24. The molecule has 0 aliphatic carbocycles. The minimum atomic E-state index is -1.94. The second-order valence-corrected chi connectivity index (χ2v) is 12.8. The van der Waals surface area contributed by atoms with Gasteiger partial charge in [0, 0.05) is 17.0 Å². The number of para-hydroxylation sites is 1. The van der Waals surface area contributed by atoms with Gasteiger partial charge in [-0.05, 0) is 17.2 Å². The lowest BCUT2D eigenvalue weighted by Gasteiger charge is -2.35. The van der Waals surface area contributed by atoms with Gasteiger partial charge >= 0.3 is 5.97 Å². The van der Waals surface area contributed by atoms with Crippen molar-refractivity contribution in [2.45, 2.75) is 38.9 Å². The van der Waals surface area contributed by atoms with E-state index < -0.39 is 8.07 Å². The van der Waals surface area contributed by atoms with Crippen molar-refractivity contribution in [3.8, 4) is 0 Å². The smallest absolute Gasteiger partial charge is 0.330 e. The Morgan fingerprint density at radius 1 is 1.30 bits per heavy atom. The number of carbonyl (C=O) groups excluding carboxylic acids is 1. The molecule has 0 bridgehead atoms. The second kappa shape index (κ2) is 6.17. The molecular formula is C18H23ClO3Si. The lowest BCUT2D eigenvalue weighted by Crippen LogP contribution is -2.49. The maximum atomic E-state index is 11.5. The standard InChI is InChI=1S/C18H23ClO3Si/c1-18(2,3)23(5,6)17-13(10-11-15(20)21-4)12-8-7-9-14(19)16(12)22-17/h7-11H,1-6H3/b11-10+. The van der Waals surface area contributed by atoms with E-state index in [9.17, 15) is 4.79 Å². The number of halogens is 1. The normalized spacial score (nSPS) is 13.0. The summed E-state index contributed by atoms with van der Waals surface area (Å²) in [6.45, 7) is 11.2. The van der Waals surface area contributed by atoms with Gasteiger partial charge in [-0.15, -0.1) is 0 Å². The number of esters is 1. The molecule has 0 atom stereocenters. The second-order valence-electron chi connectivity index (χ2n) is 7.19. The summed E-state index contributed by atoms with van der Waals surface area (Å²) in [5.74, 6) is -0.387. The summed E-state index contributed by atoms with van der Waals surface area (Å²) >= 11 is 6.30. The molecular weight excluding hydrogens is 328 g/mol. The summed E-state index contributed by atoms with van der Waals surface area (Å²) in [4.78, 5) is 11.5. The van der Waals surface area contributed by atoms with Crippen molar-refractivity contribution >= 4 is 48.1 Å². The SMILES string of the molecule is COC(=O)/C=C/c1c([Si](C)(C)C(C)(C)C)oc2c(Cl)cccc12. The van der Waals surface area contributed by atoms with E-state index in [-0.39, 0.29) is 11.0 Å². The van der Waals surface area contributed by atoms with Gasteiger partial charge < -0.3 is 9.15 Å². The van der Waals surface area contributed by atoms with E-state index >= 15 is 0 Å². The van der Waals surface area contributed by atoms with Crippen LogP contribution in [0.5, 0.6) is 0 Å². The van der Waals surface area contributed by atoms with Gasteiger partial charge in [-0.3, -0.25) is 0 Å². The predicted molar refractivity (Wildman–Crippen MR) is 99.1 cm³/mol. The van der Waals surface area contributed by atoms with Crippen molar-refractivity contribution in [3.63, 3.8) is 0 Å². The fraction of sp³-hybridized carbons (Fsp3) is 0.389. The van der Waals surface area contributed by atoms with Crippen molar-refractivity contribution in [2.75, 3.05) is 7.11 Å². The van der Waals surface area contributed by atoms with Crippen LogP contribution in [0.3, 0.4) is 0 Å². The zero-order valence-corrected chi connectivity index (χ0v) is 16.2. The number of hydrogen-bond donors (Lipinski definition) is 0. The van der Waals surface area contributed by atoms with E-state index in [1.165, 1.54) is 13.2 Å². The minimum Gasteiger partial charge on any atom is -0.466 e. The van der Waals surface area contributed by atoms with E-state index in [2.05, 4.69) is 33.9 Å². The van der Waals surface area contributed by atoms with Crippen LogP contribution in [-0.4, -0.2) is 21.2 Å². The number of hydrogen-bond acceptors (Lipinski definition) is 3. The summed E-state index contributed by atoms with van der Waals surface area (Å²) in [6, 6.07) is 5.68. The quantitative estimate of drug-likeness (QED) is 0.445. The van der Waals surface area contributed by atoms with Crippen LogP contribution in [0.4, 0.5) is 0 Å². The Kier molecular flexibility index (Phi) is 4.78. The zero-order chi connectivity index (χ0) is 17.4. The Bertz CT molecular complexity index is 766. The molecule has 1 aromatic heterocycles. The van der Waals surface area contributed by atoms with Crippen molar-refractivity contribution in [2.24, 2.45) is 0 Å². The third-order valence-corrected chi connectivity index (χ3v) is 10.3. The number of carbonyl (C=O) groups is 1. The molecule has 1 aromatic carbocycles. The number of benzene rings is 1. The molecule has 23 heavy (non-hydrogen) atoms. The maximum Gasteiger partial charge on any atom is 0.330 e. The number of fused-ring (bicyclic) bond motifs is 1. The molecule has 0 aliphatic rings. The first-order valence-corrected chi connectivity index (χ1v) is 10.9. The van der Waals surface area contributed by atoms with E-state index in [0.717, 1.165) is 16.3 Å². The van der Waals surface area contributed by atoms with E-state index in [0.29, 0.717) is 10.6 Å². The summed E-state index contributed by atoms with van der Waals surface area (Å²) in [6.07, 6.45) is 3.21. The summed E-state index contributed by atoms with van der Waals surface area (Å²) in [5, 5.41) is 2.56. The number of ether oxygens (including phenoxy) is 1. The fourth-order valence-electron chi connectivity index (χ4n) is 2.29. The Morgan fingerprint density at radius 2 is 1.96 bits per heavy atom. The largest absolute Gasteiger partial charge is 0.466 e. The number of furan rings is 1. The molecule has 0 aliphatic heterocycles. The monoisotopic (exact) mass is 350 g/mol. The molecule has 3 nitrogen and oxygen atoms in total. The number of methoxy groups -OCH3 is 1. The average molecular weight is 351 g/mol. The lowest BCUT2D eigenvalue weighted by molar-refractivity contribution is -0.134. The molecule has 2 rings (SSSR count). The van der Waals surface area contributed by atoms with Crippen LogP contribution in [0.2, 0.25) is 23.2 Å². The van der Waals surface area contributed by atoms with Crippen LogP contribution in [0.15, 0.2) is 28.7 Å². The van der Waals surface area contributed by atoms with Crippen molar-refractivity contribution < 1.29 is 13.9 Å². The van der Waals surface area contributed by atoms with Crippen LogP contribution in [0.25, 0.3) is 17.0 Å². The van der Waals surface area contributed by atoms with Crippen molar-refractivity contribution in [3.05, 3.63) is 34.9 Å². The van der Waals surface area contributed by atoms with Crippen molar-refractivity contribution in [1.82, 2.24) is 0 Å². The molecule has 0 spiro atoms. The molecule has 1 heterocycles. The molecule has 0 unspecified atom stereocenters. The molecule has 0 amide bonds. The van der Waals surface area contributed by atoms with E-state index in [1.54, 1.807) is 6.08 Å². The van der Waals surface area contributed by atoms with Gasteiger partial charge in [0.15, 0.2) is 5.58 Å². The lowest BCUT2D eigenvalue weighted by atomic mass is 10.1. The highest BCUT2D eigenvalue weighted by molar-refractivity contribution is 6.92. The summed E-state index contributed by atoms with van der Waals surface area (Å²) < 4.78 is 10.9. The summed E-state index contributed by atoms with van der Waals surface area (Å²) in [5.41, 5.74) is 1.61. The Morgan fingerprint density at radius 3 is 2.52 bits per heavy atom. The van der Waals surface area contributed by atoms with Gasteiger partial charge in [0.2, 0.25) is 0 Å². The predicted octanol–water partition coefficient (Wildman–Crippen LogP) is 4.99. The van der Waals surface area contributed by atoms with E-state index in [1.807, 2.05) is 18.2 Å². The van der Waals surface area contributed by atoms with Crippen LogP contribution < -0.4 is 5.38 Å². The highest BCUT2D eigenvalue weighted by Crippen LogP contribution is 2.39. The molecule has 5 heteroatoms. The Labute approximate surface area is 143 Å². The average Bonchev–Trinajstić information content (AvgIpc) is 2.84. The number of rotatable bonds is 3. The molecule has 0 N–H and O–H groups in total. The fourth-order valence-corrected chi connectivity index (χ4v) is 4.44. The molecule has 0 saturated heterocycles. The van der Waals surface area contributed by atoms with Gasteiger partial charge in [-0.2, -0.15) is 0 Å². The Hall–Kier alpha value is -1.52. The van der Waals surface area contributed by atoms with Crippen molar-refractivity contribution in [1.29, 1.82) is 0 Å². The molecule has 0 saturated carbocycles. The van der Waals surface area contributed by atoms with Gasteiger partial charge in [0.25, 0.3) is 0 Å². The molecule has 0 radical (unpaired) electrons. The van der Waals surface area contributed by atoms with Gasteiger partial charge in [-0.25, -0.2) is 4.79 Å². The first-order chi connectivity index (χ1) is 10.6. The van der Waals surface area contributed by atoms with Crippen LogP contribution in [-0.2, 0) is 9.53 Å². The topological polar surface area (TPSA) is 39.4 Å². The van der Waals surface area contributed by atoms with Gasteiger partial charge in [0.1, 0.15) is 8.07 Å². The first-order valence-electron chi connectivity index (χ1n) is 7.57. The Balaban J connectivity index is 2.76. The molecule has 124 valence electrons. The summed E-state index contributed by atoms with van der Waals surface area (Å²) in [7, 11) is -0.576. The zero-order valence-electron chi connectivity index (χ0n) is 14.5. The van der Waals surface area contributed by atoms with Crippen LogP contribution in [0, 0.1) is 0 Å².